The van der Waals surface area contributed by atoms with Gasteiger partial charge in [0.1, 0.15) is 0 Å². The summed E-state index contributed by atoms with van der Waals surface area (Å²) in [5.74, 6) is 0.656. The van der Waals surface area contributed by atoms with Crippen molar-refractivity contribution in [3.63, 3.8) is 0 Å². The van der Waals surface area contributed by atoms with Gasteiger partial charge < -0.3 is 4.74 Å². The first-order chi connectivity index (χ1) is 3.83. The third-order valence-corrected chi connectivity index (χ3v) is 2.34. The molecule has 8 heavy (non-hydrogen) atoms. The minimum Gasteiger partial charge on any atom is -0.374 e. The molecule has 0 saturated carbocycles. The molecule has 0 radical (unpaired) electrons. The summed E-state index contributed by atoms with van der Waals surface area (Å²) in [6.07, 6.45) is 2.20. The van der Waals surface area contributed by atoms with Crippen molar-refractivity contribution in [2.75, 3.05) is 12.5 Å². The molecule has 0 aromatic carbocycles. The van der Waals surface area contributed by atoms with E-state index in [1.807, 2.05) is 0 Å². The van der Waals surface area contributed by atoms with Crippen LogP contribution in [0.5, 0.6) is 0 Å². The summed E-state index contributed by atoms with van der Waals surface area (Å²) in [6.45, 7) is 3.02. The molecule has 0 unspecified atom stereocenters. The third kappa shape index (κ3) is 0.848. The van der Waals surface area contributed by atoms with E-state index < -0.39 is 0 Å². The van der Waals surface area contributed by atoms with Crippen LogP contribution in [0.1, 0.15) is 19.8 Å². The van der Waals surface area contributed by atoms with Gasteiger partial charge in [0.15, 0.2) is 0 Å². The zero-order valence-electron chi connectivity index (χ0n) is 5.11. The maximum absolute atomic E-state index is 5.64. The number of rotatable bonds is 2. The largest absolute Gasteiger partial charge is 0.374 e. The Kier molecular flexibility index (Phi) is 1.78. The number of hydrogen-bond donors (Lipinski definition) is 0. The lowest BCUT2D eigenvalue weighted by molar-refractivity contribution is -0.132. The maximum Gasteiger partial charge on any atom is 0.0836 e. The highest BCUT2D eigenvalue weighted by molar-refractivity contribution is 6.18. The van der Waals surface area contributed by atoms with Gasteiger partial charge in [0.2, 0.25) is 0 Å². The fourth-order valence-corrected chi connectivity index (χ4v) is 1.27. The van der Waals surface area contributed by atoms with E-state index in [2.05, 4.69) is 6.92 Å². The van der Waals surface area contributed by atoms with E-state index in [0.717, 1.165) is 19.4 Å². The van der Waals surface area contributed by atoms with Crippen LogP contribution in [-0.4, -0.2) is 18.1 Å². The summed E-state index contributed by atoms with van der Waals surface area (Å²) in [5, 5.41) is 0. The van der Waals surface area contributed by atoms with E-state index in [-0.39, 0.29) is 5.60 Å². The second kappa shape index (κ2) is 2.24. The quantitative estimate of drug-likeness (QED) is 0.524. The fraction of sp³-hybridized carbons (Fsp3) is 1.00. The number of alkyl halides is 1. The highest BCUT2D eigenvalue weighted by atomic mass is 35.5. The summed E-state index contributed by atoms with van der Waals surface area (Å²) in [6, 6.07) is 0. The monoisotopic (exact) mass is 134 g/mol. The van der Waals surface area contributed by atoms with E-state index in [1.54, 1.807) is 0 Å². The Hall–Kier alpha value is 0.250. The highest BCUT2D eigenvalue weighted by Crippen LogP contribution is 2.30. The van der Waals surface area contributed by atoms with Crippen molar-refractivity contribution in [1.82, 2.24) is 0 Å². The van der Waals surface area contributed by atoms with Crippen LogP contribution in [0.3, 0.4) is 0 Å². The van der Waals surface area contributed by atoms with Crippen molar-refractivity contribution in [2.24, 2.45) is 0 Å². The minimum atomic E-state index is 0.0710. The molecular formula is C6H11ClO. The van der Waals surface area contributed by atoms with Gasteiger partial charge in [0.05, 0.1) is 18.1 Å². The van der Waals surface area contributed by atoms with Gasteiger partial charge in [0.25, 0.3) is 0 Å². The second-order valence-electron chi connectivity index (χ2n) is 2.27. The standard InChI is InChI=1S/C6H11ClO/c1-2-6(5-7)3-4-8-6/h2-5H2,1H3/t6-/m0/s1. The van der Waals surface area contributed by atoms with Gasteiger partial charge in [-0.05, 0) is 6.42 Å². The zero-order chi connectivity index (χ0) is 6.04. The van der Waals surface area contributed by atoms with Crippen LogP contribution in [0, 0.1) is 0 Å². The third-order valence-electron chi connectivity index (χ3n) is 1.85. The lowest BCUT2D eigenvalue weighted by Gasteiger charge is -2.39. The lowest BCUT2D eigenvalue weighted by atomic mass is 9.94. The molecular weight excluding hydrogens is 124 g/mol. The molecule has 2 heteroatoms. The molecule has 1 rings (SSSR count). The molecule has 1 saturated heterocycles. The first-order valence-electron chi connectivity index (χ1n) is 3.03. The summed E-state index contributed by atoms with van der Waals surface area (Å²) in [7, 11) is 0. The van der Waals surface area contributed by atoms with E-state index in [1.165, 1.54) is 0 Å². The van der Waals surface area contributed by atoms with Crippen molar-refractivity contribution < 1.29 is 4.74 Å². The van der Waals surface area contributed by atoms with Crippen LogP contribution in [0.25, 0.3) is 0 Å². The molecule has 0 N–H and O–H groups in total. The van der Waals surface area contributed by atoms with Crippen LogP contribution in [-0.2, 0) is 4.74 Å². The summed E-state index contributed by atoms with van der Waals surface area (Å²) >= 11 is 5.64. The Morgan fingerprint density at radius 1 is 1.75 bits per heavy atom. The van der Waals surface area contributed by atoms with E-state index in [0.29, 0.717) is 5.88 Å². The van der Waals surface area contributed by atoms with Crippen molar-refractivity contribution in [3.05, 3.63) is 0 Å². The molecule has 1 fully saturated rings. The number of ether oxygens (including phenoxy) is 1. The first-order valence-corrected chi connectivity index (χ1v) is 3.56. The molecule has 0 spiro atoms. The molecule has 1 atom stereocenters. The van der Waals surface area contributed by atoms with Crippen molar-refractivity contribution in [1.29, 1.82) is 0 Å². The minimum absolute atomic E-state index is 0.0710. The van der Waals surface area contributed by atoms with Gasteiger partial charge in [-0.2, -0.15) is 0 Å². The predicted molar refractivity (Wildman–Crippen MR) is 34.3 cm³/mol. The molecule has 0 aliphatic carbocycles. The van der Waals surface area contributed by atoms with Crippen LogP contribution in [0.4, 0.5) is 0 Å². The molecule has 1 nitrogen and oxygen atoms in total. The highest BCUT2D eigenvalue weighted by Gasteiger charge is 2.35. The Bertz CT molecular complexity index is 65.1. The first kappa shape index (κ1) is 6.37. The van der Waals surface area contributed by atoms with E-state index >= 15 is 0 Å². The molecule has 1 aliphatic rings. The predicted octanol–water partition coefficient (Wildman–Crippen LogP) is 1.79. The SMILES string of the molecule is CC[C@@]1(CCl)CCO1. The molecule has 1 aliphatic heterocycles. The van der Waals surface area contributed by atoms with Gasteiger partial charge in [-0.3, -0.25) is 0 Å². The second-order valence-corrected chi connectivity index (χ2v) is 2.54. The van der Waals surface area contributed by atoms with E-state index in [4.69, 9.17) is 16.3 Å². The van der Waals surface area contributed by atoms with Gasteiger partial charge in [-0.15, -0.1) is 11.6 Å². The Labute approximate surface area is 55.0 Å². The van der Waals surface area contributed by atoms with E-state index in [9.17, 15) is 0 Å². The Morgan fingerprint density at radius 2 is 2.38 bits per heavy atom. The lowest BCUT2D eigenvalue weighted by Crippen LogP contribution is -2.44. The molecule has 1 heterocycles. The average Bonchev–Trinajstić information content (AvgIpc) is 1.67. The molecule has 48 valence electrons. The van der Waals surface area contributed by atoms with Crippen LogP contribution >= 0.6 is 11.6 Å². The molecule has 0 aromatic rings. The van der Waals surface area contributed by atoms with Gasteiger partial charge in [-0.1, -0.05) is 6.92 Å². The Morgan fingerprint density at radius 3 is 2.38 bits per heavy atom. The average molecular weight is 135 g/mol. The normalized spacial score (nSPS) is 36.8. The molecule has 0 bridgehead atoms. The van der Waals surface area contributed by atoms with Crippen LogP contribution in [0.2, 0.25) is 0 Å². The molecule has 0 aromatic heterocycles. The van der Waals surface area contributed by atoms with Crippen molar-refractivity contribution in [3.8, 4) is 0 Å². The van der Waals surface area contributed by atoms with Gasteiger partial charge in [0, 0.05) is 6.42 Å². The fourth-order valence-electron chi connectivity index (χ4n) is 0.869. The topological polar surface area (TPSA) is 9.23 Å². The smallest absolute Gasteiger partial charge is 0.0836 e. The van der Waals surface area contributed by atoms with Crippen LogP contribution < -0.4 is 0 Å². The summed E-state index contributed by atoms with van der Waals surface area (Å²) in [5.41, 5.74) is 0.0710. The van der Waals surface area contributed by atoms with Gasteiger partial charge in [-0.25, -0.2) is 0 Å². The Balaban J connectivity index is 2.33. The number of hydrogen-bond acceptors (Lipinski definition) is 1. The van der Waals surface area contributed by atoms with Crippen molar-refractivity contribution >= 4 is 11.6 Å². The number of halogens is 1. The molecule has 0 amide bonds. The van der Waals surface area contributed by atoms with Crippen LogP contribution in [0.15, 0.2) is 0 Å². The maximum atomic E-state index is 5.64. The summed E-state index contributed by atoms with van der Waals surface area (Å²) in [4.78, 5) is 0. The van der Waals surface area contributed by atoms with Gasteiger partial charge >= 0.3 is 0 Å². The zero-order valence-corrected chi connectivity index (χ0v) is 5.87. The van der Waals surface area contributed by atoms with Crippen molar-refractivity contribution in [2.45, 2.75) is 25.4 Å². The summed E-state index contributed by atoms with van der Waals surface area (Å²) < 4.78 is 5.28.